The van der Waals surface area contributed by atoms with E-state index < -0.39 is 0 Å². The first kappa shape index (κ1) is 9.31. The maximum Gasteiger partial charge on any atom is 0.0132 e. The molecule has 0 amide bonds. The summed E-state index contributed by atoms with van der Waals surface area (Å²) in [6, 6.07) is 0.403. The molecule has 0 aromatic rings. The monoisotopic (exact) mass is 147 g/mol. The zero-order valence-electron chi connectivity index (χ0n) is 6.55. The molecule has 9 heavy (non-hydrogen) atoms. The normalized spacial score (nSPS) is 14.3. The van der Waals surface area contributed by atoms with E-state index in [0.29, 0.717) is 6.04 Å². The zero-order chi connectivity index (χ0) is 7.28. The van der Waals surface area contributed by atoms with E-state index in [2.05, 4.69) is 20.1 Å². The molecule has 56 valence electrons. The maximum absolute atomic E-state index is 5.76. The summed E-state index contributed by atoms with van der Waals surface area (Å²) in [5, 5.41) is 0. The Morgan fingerprint density at radius 2 is 2.00 bits per heavy atom. The van der Waals surface area contributed by atoms with Crippen LogP contribution in [0.1, 0.15) is 20.3 Å². The van der Waals surface area contributed by atoms with Crippen LogP contribution in [0.2, 0.25) is 0 Å². The third-order valence-corrected chi connectivity index (χ3v) is 1.92. The van der Waals surface area contributed by atoms with Crippen molar-refractivity contribution in [3.63, 3.8) is 0 Å². The molecule has 1 unspecified atom stereocenters. The van der Waals surface area contributed by atoms with Gasteiger partial charge in [-0.1, -0.05) is 13.8 Å². The molecule has 1 atom stereocenters. The van der Waals surface area contributed by atoms with Crippen LogP contribution in [0.15, 0.2) is 0 Å². The van der Waals surface area contributed by atoms with Crippen molar-refractivity contribution in [1.29, 1.82) is 0 Å². The van der Waals surface area contributed by atoms with Crippen molar-refractivity contribution in [2.24, 2.45) is 11.7 Å². The van der Waals surface area contributed by atoms with Gasteiger partial charge in [-0.05, 0) is 18.6 Å². The Kier molecular flexibility index (Phi) is 5.30. The first-order valence-electron chi connectivity index (χ1n) is 3.41. The van der Waals surface area contributed by atoms with Crippen molar-refractivity contribution >= 4 is 11.8 Å². The van der Waals surface area contributed by atoms with Crippen molar-refractivity contribution in [2.45, 2.75) is 26.3 Å². The van der Waals surface area contributed by atoms with E-state index in [4.69, 9.17) is 5.73 Å². The average Bonchev–Trinajstić information content (AvgIpc) is 1.63. The molecule has 0 aromatic carbocycles. The van der Waals surface area contributed by atoms with Gasteiger partial charge in [-0.25, -0.2) is 0 Å². The quantitative estimate of drug-likeness (QED) is 0.655. The lowest BCUT2D eigenvalue weighted by Gasteiger charge is -2.11. The Morgan fingerprint density at radius 1 is 1.44 bits per heavy atom. The minimum absolute atomic E-state index is 0.403. The number of hydrogen-bond donors (Lipinski definition) is 1. The highest BCUT2D eigenvalue weighted by Crippen LogP contribution is 2.05. The predicted octanol–water partition coefficient (Wildman–Crippen LogP) is 1.72. The summed E-state index contributed by atoms with van der Waals surface area (Å²) >= 11 is 1.83. The summed E-state index contributed by atoms with van der Waals surface area (Å²) in [5.74, 6) is 1.84. The number of nitrogens with two attached hydrogens (primary N) is 1. The number of thioether (sulfide) groups is 1. The lowest BCUT2D eigenvalue weighted by atomic mass is 10.1. The van der Waals surface area contributed by atoms with Gasteiger partial charge in [0.2, 0.25) is 0 Å². The summed E-state index contributed by atoms with van der Waals surface area (Å²) in [6.45, 7) is 4.42. The molecule has 0 rings (SSSR count). The molecule has 2 N–H and O–H groups in total. The van der Waals surface area contributed by atoms with Crippen LogP contribution in [0.3, 0.4) is 0 Å². The van der Waals surface area contributed by atoms with Crippen molar-refractivity contribution in [3.05, 3.63) is 0 Å². The first-order chi connectivity index (χ1) is 4.16. The third-order valence-electron chi connectivity index (χ3n) is 1.15. The first-order valence-corrected chi connectivity index (χ1v) is 4.80. The lowest BCUT2D eigenvalue weighted by molar-refractivity contribution is 0.524. The fourth-order valence-electron chi connectivity index (χ4n) is 0.888. The predicted molar refractivity (Wildman–Crippen MR) is 45.8 cm³/mol. The van der Waals surface area contributed by atoms with Crippen LogP contribution in [0.25, 0.3) is 0 Å². The van der Waals surface area contributed by atoms with Crippen LogP contribution in [0.5, 0.6) is 0 Å². The van der Waals surface area contributed by atoms with Crippen LogP contribution in [-0.4, -0.2) is 18.1 Å². The fourth-order valence-corrected chi connectivity index (χ4v) is 1.45. The topological polar surface area (TPSA) is 26.0 Å². The van der Waals surface area contributed by atoms with E-state index in [1.807, 2.05) is 11.8 Å². The molecule has 0 aliphatic carbocycles. The molecular formula is C7H17NS. The zero-order valence-corrected chi connectivity index (χ0v) is 7.37. The largest absolute Gasteiger partial charge is 0.327 e. The maximum atomic E-state index is 5.76. The molecule has 0 fully saturated rings. The van der Waals surface area contributed by atoms with E-state index in [-0.39, 0.29) is 0 Å². The van der Waals surface area contributed by atoms with Gasteiger partial charge >= 0.3 is 0 Å². The molecule has 0 aliphatic rings. The van der Waals surface area contributed by atoms with E-state index >= 15 is 0 Å². The van der Waals surface area contributed by atoms with Crippen molar-refractivity contribution in [3.8, 4) is 0 Å². The number of hydrogen-bond acceptors (Lipinski definition) is 2. The Hall–Kier alpha value is 0.310. The molecule has 0 spiro atoms. The highest BCUT2D eigenvalue weighted by molar-refractivity contribution is 7.98. The summed E-state index contributed by atoms with van der Waals surface area (Å²) in [7, 11) is 0. The molecule has 2 heteroatoms. The van der Waals surface area contributed by atoms with Gasteiger partial charge in [0.15, 0.2) is 0 Å². The highest BCUT2D eigenvalue weighted by Gasteiger charge is 2.02. The van der Waals surface area contributed by atoms with E-state index in [0.717, 1.165) is 18.1 Å². The van der Waals surface area contributed by atoms with Gasteiger partial charge in [0.1, 0.15) is 0 Å². The molecule has 0 saturated carbocycles. The lowest BCUT2D eigenvalue weighted by Crippen LogP contribution is -2.24. The highest BCUT2D eigenvalue weighted by atomic mass is 32.2. The Bertz CT molecular complexity index is 63.9. The molecule has 1 nitrogen and oxygen atoms in total. The summed E-state index contributed by atoms with van der Waals surface area (Å²) in [6.07, 6.45) is 3.25. The fraction of sp³-hybridized carbons (Fsp3) is 1.00. The van der Waals surface area contributed by atoms with Crippen LogP contribution in [0, 0.1) is 5.92 Å². The van der Waals surface area contributed by atoms with Gasteiger partial charge in [0, 0.05) is 11.8 Å². The smallest absolute Gasteiger partial charge is 0.0132 e. The third kappa shape index (κ3) is 6.19. The van der Waals surface area contributed by atoms with Gasteiger partial charge in [0.05, 0.1) is 0 Å². The molecule has 0 aliphatic heterocycles. The van der Waals surface area contributed by atoms with Crippen molar-refractivity contribution in [1.82, 2.24) is 0 Å². The van der Waals surface area contributed by atoms with Gasteiger partial charge < -0.3 is 5.73 Å². The van der Waals surface area contributed by atoms with Crippen LogP contribution in [-0.2, 0) is 0 Å². The van der Waals surface area contributed by atoms with E-state index in [1.54, 1.807) is 0 Å². The molecule has 0 saturated heterocycles. The summed E-state index contributed by atoms with van der Waals surface area (Å²) < 4.78 is 0. The molecule has 0 bridgehead atoms. The van der Waals surface area contributed by atoms with Gasteiger partial charge in [-0.2, -0.15) is 11.8 Å². The van der Waals surface area contributed by atoms with Gasteiger partial charge in [-0.3, -0.25) is 0 Å². The van der Waals surface area contributed by atoms with E-state index in [1.165, 1.54) is 0 Å². The Morgan fingerprint density at radius 3 is 2.33 bits per heavy atom. The Balaban J connectivity index is 3.15. The van der Waals surface area contributed by atoms with Crippen molar-refractivity contribution in [2.75, 3.05) is 12.0 Å². The second kappa shape index (κ2) is 5.12. The Labute approximate surface area is 62.4 Å². The molecule has 0 radical (unpaired) electrons. The average molecular weight is 147 g/mol. The number of rotatable bonds is 4. The SMILES string of the molecule is CSCC(N)CC(C)C. The van der Waals surface area contributed by atoms with E-state index in [9.17, 15) is 0 Å². The van der Waals surface area contributed by atoms with Gasteiger partial charge in [-0.15, -0.1) is 0 Å². The van der Waals surface area contributed by atoms with Crippen LogP contribution in [0.4, 0.5) is 0 Å². The minimum atomic E-state index is 0.403. The van der Waals surface area contributed by atoms with Crippen LogP contribution < -0.4 is 5.73 Å². The second-order valence-electron chi connectivity index (χ2n) is 2.84. The minimum Gasteiger partial charge on any atom is -0.327 e. The summed E-state index contributed by atoms with van der Waals surface area (Å²) in [5.41, 5.74) is 5.76. The standard InChI is InChI=1S/C7H17NS/c1-6(2)4-7(8)5-9-3/h6-7H,4-5,8H2,1-3H3. The van der Waals surface area contributed by atoms with Crippen LogP contribution >= 0.6 is 11.8 Å². The molecule has 0 heterocycles. The van der Waals surface area contributed by atoms with Crippen molar-refractivity contribution < 1.29 is 0 Å². The second-order valence-corrected chi connectivity index (χ2v) is 3.76. The molecular weight excluding hydrogens is 130 g/mol. The summed E-state index contributed by atoms with van der Waals surface area (Å²) in [4.78, 5) is 0. The van der Waals surface area contributed by atoms with Gasteiger partial charge in [0.25, 0.3) is 0 Å². The molecule has 0 aromatic heterocycles.